The maximum Gasteiger partial charge on any atom is 0.141 e. The van der Waals surface area contributed by atoms with Crippen molar-refractivity contribution >= 4 is 0 Å². The van der Waals surface area contributed by atoms with Crippen LogP contribution in [0.2, 0.25) is 0 Å². The molecular formula is C22H25N3. The van der Waals surface area contributed by atoms with E-state index in [4.69, 9.17) is 4.98 Å². The summed E-state index contributed by atoms with van der Waals surface area (Å²) < 4.78 is 2.29. The molecule has 0 radical (unpaired) electrons. The number of likely N-dealkylation sites (tertiary alicyclic amines) is 1. The fourth-order valence-electron chi connectivity index (χ4n) is 4.04. The maximum absolute atomic E-state index is 4.77. The van der Waals surface area contributed by atoms with Crippen molar-refractivity contribution in [2.24, 2.45) is 0 Å². The lowest BCUT2D eigenvalue weighted by Crippen LogP contribution is -2.24. The second kappa shape index (κ2) is 6.85. The standard InChI is InChI=1S/C22H25N3/c1-17-12-13-18(2)25(17)22-20(10-6-14-23-22)21-11-7-15-24(21)16-19-8-4-3-5-9-19/h3-6,8-10,12-14,21H,7,11,15-16H2,1-2H3/t21-/m1/s1. The molecule has 25 heavy (non-hydrogen) atoms. The number of rotatable bonds is 4. The molecule has 4 rings (SSSR count). The quantitative estimate of drug-likeness (QED) is 0.683. The zero-order chi connectivity index (χ0) is 17.2. The average molecular weight is 331 g/mol. The van der Waals surface area contributed by atoms with Crippen LogP contribution in [-0.2, 0) is 6.54 Å². The minimum absolute atomic E-state index is 0.435. The van der Waals surface area contributed by atoms with Crippen LogP contribution in [0.1, 0.15) is 41.4 Å². The summed E-state index contributed by atoms with van der Waals surface area (Å²) >= 11 is 0. The third kappa shape index (κ3) is 3.12. The van der Waals surface area contributed by atoms with E-state index < -0.39 is 0 Å². The first-order chi connectivity index (χ1) is 12.2. The smallest absolute Gasteiger partial charge is 0.141 e. The van der Waals surface area contributed by atoms with E-state index in [1.54, 1.807) is 0 Å². The molecule has 0 aliphatic carbocycles. The summed E-state index contributed by atoms with van der Waals surface area (Å²) in [6.07, 6.45) is 4.36. The summed E-state index contributed by atoms with van der Waals surface area (Å²) in [5.74, 6) is 1.09. The normalized spacial score (nSPS) is 17.9. The zero-order valence-corrected chi connectivity index (χ0v) is 15.0. The van der Waals surface area contributed by atoms with Crippen LogP contribution in [0.15, 0.2) is 60.8 Å². The molecule has 0 amide bonds. The lowest BCUT2D eigenvalue weighted by atomic mass is 10.0. The molecule has 0 bridgehead atoms. The molecule has 1 fully saturated rings. The van der Waals surface area contributed by atoms with Crippen LogP contribution in [0.4, 0.5) is 0 Å². The van der Waals surface area contributed by atoms with Crippen molar-refractivity contribution in [2.45, 2.75) is 39.3 Å². The average Bonchev–Trinajstić information content (AvgIpc) is 3.22. The van der Waals surface area contributed by atoms with Crippen molar-refractivity contribution in [1.29, 1.82) is 0 Å². The predicted octanol–water partition coefficient (Wildman–Crippen LogP) is 4.83. The highest BCUT2D eigenvalue weighted by atomic mass is 15.2. The highest BCUT2D eigenvalue weighted by molar-refractivity contribution is 5.41. The molecule has 0 saturated carbocycles. The summed E-state index contributed by atoms with van der Waals surface area (Å²) in [6.45, 7) is 6.46. The molecule has 0 unspecified atom stereocenters. The van der Waals surface area contributed by atoms with Crippen molar-refractivity contribution in [3.63, 3.8) is 0 Å². The Labute approximate surface area is 149 Å². The van der Waals surface area contributed by atoms with E-state index in [-0.39, 0.29) is 0 Å². The number of benzene rings is 1. The molecule has 1 aliphatic rings. The van der Waals surface area contributed by atoms with Gasteiger partial charge < -0.3 is 4.57 Å². The predicted molar refractivity (Wildman–Crippen MR) is 102 cm³/mol. The molecule has 1 aliphatic heterocycles. The molecule has 3 nitrogen and oxygen atoms in total. The summed E-state index contributed by atoms with van der Waals surface area (Å²) in [5.41, 5.74) is 5.21. The van der Waals surface area contributed by atoms with Crippen LogP contribution in [0.5, 0.6) is 0 Å². The SMILES string of the molecule is Cc1ccc(C)n1-c1ncccc1[C@H]1CCCN1Cc1ccccc1. The van der Waals surface area contributed by atoms with Gasteiger partial charge in [-0.15, -0.1) is 0 Å². The topological polar surface area (TPSA) is 21.1 Å². The fourth-order valence-corrected chi connectivity index (χ4v) is 4.04. The molecule has 2 aromatic heterocycles. The van der Waals surface area contributed by atoms with Gasteiger partial charge in [0.25, 0.3) is 0 Å². The molecule has 3 heterocycles. The van der Waals surface area contributed by atoms with E-state index in [9.17, 15) is 0 Å². The van der Waals surface area contributed by atoms with E-state index in [0.717, 1.165) is 18.9 Å². The van der Waals surface area contributed by atoms with Gasteiger partial charge in [0.15, 0.2) is 0 Å². The number of aromatic nitrogens is 2. The van der Waals surface area contributed by atoms with E-state index in [1.807, 2.05) is 6.20 Å². The van der Waals surface area contributed by atoms with Crippen molar-refractivity contribution in [1.82, 2.24) is 14.5 Å². The van der Waals surface area contributed by atoms with Gasteiger partial charge in [0.2, 0.25) is 0 Å². The molecular weight excluding hydrogens is 306 g/mol. The summed E-state index contributed by atoms with van der Waals surface area (Å²) in [6, 6.07) is 19.9. The van der Waals surface area contributed by atoms with Crippen molar-refractivity contribution in [3.8, 4) is 5.82 Å². The zero-order valence-electron chi connectivity index (χ0n) is 15.0. The number of hydrogen-bond donors (Lipinski definition) is 0. The van der Waals surface area contributed by atoms with Crippen LogP contribution < -0.4 is 0 Å². The van der Waals surface area contributed by atoms with Gasteiger partial charge in [0.1, 0.15) is 5.82 Å². The first-order valence-corrected chi connectivity index (χ1v) is 9.12. The Kier molecular flexibility index (Phi) is 4.41. The van der Waals surface area contributed by atoms with Gasteiger partial charge in [-0.25, -0.2) is 4.98 Å². The van der Waals surface area contributed by atoms with Crippen LogP contribution >= 0.6 is 0 Å². The number of pyridine rings is 1. The minimum atomic E-state index is 0.435. The lowest BCUT2D eigenvalue weighted by molar-refractivity contribution is 0.248. The molecule has 1 saturated heterocycles. The van der Waals surface area contributed by atoms with Crippen molar-refractivity contribution < 1.29 is 0 Å². The van der Waals surface area contributed by atoms with E-state index in [2.05, 4.69) is 77.9 Å². The highest BCUT2D eigenvalue weighted by Crippen LogP contribution is 2.36. The molecule has 3 heteroatoms. The van der Waals surface area contributed by atoms with E-state index in [0.29, 0.717) is 6.04 Å². The first kappa shape index (κ1) is 16.1. The van der Waals surface area contributed by atoms with Gasteiger partial charge >= 0.3 is 0 Å². The van der Waals surface area contributed by atoms with Crippen LogP contribution in [-0.4, -0.2) is 21.0 Å². The number of aryl methyl sites for hydroxylation is 2. The van der Waals surface area contributed by atoms with Crippen LogP contribution in [0.25, 0.3) is 5.82 Å². The lowest BCUT2D eigenvalue weighted by Gasteiger charge is -2.27. The monoisotopic (exact) mass is 331 g/mol. The summed E-state index contributed by atoms with van der Waals surface area (Å²) in [4.78, 5) is 7.37. The van der Waals surface area contributed by atoms with Gasteiger partial charge in [-0.2, -0.15) is 0 Å². The molecule has 128 valence electrons. The molecule has 1 atom stereocenters. The van der Waals surface area contributed by atoms with Gasteiger partial charge in [-0.1, -0.05) is 36.4 Å². The Bertz CT molecular complexity index is 831. The van der Waals surface area contributed by atoms with Gasteiger partial charge in [-0.3, -0.25) is 4.90 Å². The Morgan fingerprint density at radius 1 is 0.960 bits per heavy atom. The highest BCUT2D eigenvalue weighted by Gasteiger charge is 2.29. The number of hydrogen-bond acceptors (Lipinski definition) is 2. The fraction of sp³-hybridized carbons (Fsp3) is 0.318. The van der Waals surface area contributed by atoms with Crippen molar-refractivity contribution in [2.75, 3.05) is 6.54 Å². The molecule has 1 aromatic carbocycles. The summed E-state index contributed by atoms with van der Waals surface area (Å²) in [7, 11) is 0. The Morgan fingerprint density at radius 3 is 2.48 bits per heavy atom. The third-order valence-corrected chi connectivity index (χ3v) is 5.25. The Morgan fingerprint density at radius 2 is 1.72 bits per heavy atom. The molecule has 3 aromatic rings. The second-order valence-corrected chi connectivity index (χ2v) is 6.98. The third-order valence-electron chi connectivity index (χ3n) is 5.25. The van der Waals surface area contributed by atoms with E-state index >= 15 is 0 Å². The van der Waals surface area contributed by atoms with E-state index in [1.165, 1.54) is 35.4 Å². The largest absolute Gasteiger partial charge is 0.303 e. The van der Waals surface area contributed by atoms with Crippen LogP contribution in [0, 0.1) is 13.8 Å². The summed E-state index contributed by atoms with van der Waals surface area (Å²) in [5, 5.41) is 0. The Balaban J connectivity index is 1.70. The van der Waals surface area contributed by atoms with Crippen LogP contribution in [0.3, 0.4) is 0 Å². The van der Waals surface area contributed by atoms with Gasteiger partial charge in [0, 0.05) is 35.7 Å². The number of nitrogens with zero attached hydrogens (tertiary/aromatic N) is 3. The van der Waals surface area contributed by atoms with Gasteiger partial charge in [0.05, 0.1) is 0 Å². The molecule has 0 N–H and O–H groups in total. The second-order valence-electron chi connectivity index (χ2n) is 6.98. The van der Waals surface area contributed by atoms with Gasteiger partial charge in [-0.05, 0) is 57.0 Å². The van der Waals surface area contributed by atoms with Crippen molar-refractivity contribution in [3.05, 3.63) is 83.3 Å². The Hall–Kier alpha value is -2.39. The maximum atomic E-state index is 4.77. The first-order valence-electron chi connectivity index (χ1n) is 9.12. The minimum Gasteiger partial charge on any atom is -0.303 e. The molecule has 0 spiro atoms.